The highest BCUT2D eigenvalue weighted by Crippen LogP contribution is 2.29. The van der Waals surface area contributed by atoms with Gasteiger partial charge in [-0.05, 0) is 54.7 Å². The van der Waals surface area contributed by atoms with Crippen LogP contribution >= 0.6 is 0 Å². The minimum atomic E-state index is 0.248. The normalized spacial score (nSPS) is 24.2. The maximum Gasteiger partial charge on any atom is 0.0342 e. The van der Waals surface area contributed by atoms with Crippen molar-refractivity contribution in [3.63, 3.8) is 0 Å². The molecule has 106 valence electrons. The Morgan fingerprint density at radius 3 is 2.05 bits per heavy atom. The fourth-order valence-electron chi connectivity index (χ4n) is 3.02. The zero-order chi connectivity index (χ0) is 13.9. The summed E-state index contributed by atoms with van der Waals surface area (Å²) in [4.78, 5) is 0. The van der Waals surface area contributed by atoms with Crippen molar-refractivity contribution in [2.45, 2.75) is 71.3 Å². The van der Waals surface area contributed by atoms with Gasteiger partial charge in [-0.1, -0.05) is 46.2 Å². The minimum Gasteiger partial charge on any atom is -0.382 e. The van der Waals surface area contributed by atoms with Crippen molar-refractivity contribution in [2.24, 2.45) is 5.92 Å². The molecule has 1 aliphatic carbocycles. The summed E-state index contributed by atoms with van der Waals surface area (Å²) in [6, 6.07) is 9.70. The molecular formula is C18H29N. The monoisotopic (exact) mass is 259 g/mol. The topological polar surface area (TPSA) is 12.0 Å². The van der Waals surface area contributed by atoms with Gasteiger partial charge < -0.3 is 5.32 Å². The number of nitrogens with one attached hydrogen (secondary N) is 1. The number of hydrogen-bond acceptors (Lipinski definition) is 1. The van der Waals surface area contributed by atoms with Crippen LogP contribution < -0.4 is 5.32 Å². The molecule has 0 saturated heterocycles. The Kier molecular flexibility index (Phi) is 4.54. The van der Waals surface area contributed by atoms with E-state index in [9.17, 15) is 0 Å². The number of hydrogen-bond donors (Lipinski definition) is 1. The Morgan fingerprint density at radius 2 is 1.58 bits per heavy atom. The predicted molar refractivity (Wildman–Crippen MR) is 84.8 cm³/mol. The van der Waals surface area contributed by atoms with Gasteiger partial charge in [0.2, 0.25) is 0 Å². The summed E-state index contributed by atoms with van der Waals surface area (Å²) in [6.07, 6.45) is 6.81. The smallest absolute Gasteiger partial charge is 0.0342 e. The Bertz CT molecular complexity index is 377. The average Bonchev–Trinajstić information content (AvgIpc) is 2.39. The van der Waals surface area contributed by atoms with Crippen LogP contribution in [0.25, 0.3) is 0 Å². The van der Waals surface area contributed by atoms with E-state index in [0.29, 0.717) is 6.04 Å². The number of anilines is 1. The van der Waals surface area contributed by atoms with Crippen LogP contribution in [0, 0.1) is 5.92 Å². The third-order valence-electron chi connectivity index (χ3n) is 4.55. The molecule has 0 amide bonds. The highest BCUT2D eigenvalue weighted by Gasteiger charge is 2.20. The lowest BCUT2D eigenvalue weighted by molar-refractivity contribution is 0.330. The molecule has 19 heavy (non-hydrogen) atoms. The van der Waals surface area contributed by atoms with Gasteiger partial charge in [-0.3, -0.25) is 0 Å². The highest BCUT2D eigenvalue weighted by molar-refractivity contribution is 5.46. The Morgan fingerprint density at radius 1 is 1.00 bits per heavy atom. The molecule has 1 nitrogen and oxygen atoms in total. The molecule has 1 aromatic carbocycles. The molecule has 1 N–H and O–H groups in total. The molecule has 1 saturated carbocycles. The summed E-state index contributed by atoms with van der Waals surface area (Å²) < 4.78 is 0. The Hall–Kier alpha value is -0.980. The standard InChI is InChI=1S/C18H29N/c1-5-14-6-10-16(11-7-14)19-17-12-8-15(9-13-17)18(2,3)4/h8-9,12-14,16,19H,5-7,10-11H2,1-4H3. The van der Waals surface area contributed by atoms with Crippen molar-refractivity contribution in [2.75, 3.05) is 5.32 Å². The largest absolute Gasteiger partial charge is 0.382 e. The molecule has 0 aromatic heterocycles. The summed E-state index contributed by atoms with van der Waals surface area (Å²) in [5, 5.41) is 3.70. The van der Waals surface area contributed by atoms with E-state index in [2.05, 4.69) is 57.3 Å². The van der Waals surface area contributed by atoms with Gasteiger partial charge in [0.1, 0.15) is 0 Å². The second kappa shape index (κ2) is 5.98. The minimum absolute atomic E-state index is 0.248. The molecule has 2 rings (SSSR count). The SMILES string of the molecule is CCC1CCC(Nc2ccc(C(C)(C)C)cc2)CC1. The van der Waals surface area contributed by atoms with E-state index < -0.39 is 0 Å². The van der Waals surface area contributed by atoms with Crippen molar-refractivity contribution >= 4 is 5.69 Å². The van der Waals surface area contributed by atoms with E-state index in [4.69, 9.17) is 0 Å². The van der Waals surface area contributed by atoms with Crippen molar-refractivity contribution < 1.29 is 0 Å². The second-order valence-electron chi connectivity index (χ2n) is 7.10. The number of rotatable bonds is 3. The van der Waals surface area contributed by atoms with E-state index >= 15 is 0 Å². The molecule has 1 fully saturated rings. The molecular weight excluding hydrogens is 230 g/mol. The maximum absolute atomic E-state index is 3.70. The van der Waals surface area contributed by atoms with E-state index in [-0.39, 0.29) is 5.41 Å². The predicted octanol–water partition coefficient (Wildman–Crippen LogP) is 5.36. The fourth-order valence-corrected chi connectivity index (χ4v) is 3.02. The van der Waals surface area contributed by atoms with Crippen LogP contribution in [0.3, 0.4) is 0 Å². The van der Waals surface area contributed by atoms with Crippen LogP contribution in [-0.4, -0.2) is 6.04 Å². The highest BCUT2D eigenvalue weighted by atomic mass is 14.9. The molecule has 0 spiro atoms. The first kappa shape index (κ1) is 14.4. The molecule has 1 heteroatoms. The van der Waals surface area contributed by atoms with E-state index in [1.54, 1.807) is 0 Å². The summed E-state index contributed by atoms with van der Waals surface area (Å²) in [7, 11) is 0. The van der Waals surface area contributed by atoms with Gasteiger partial charge in [0.25, 0.3) is 0 Å². The van der Waals surface area contributed by atoms with Crippen LogP contribution in [0.4, 0.5) is 5.69 Å². The molecule has 0 bridgehead atoms. The van der Waals surface area contributed by atoms with Crippen molar-refractivity contribution in [3.8, 4) is 0 Å². The molecule has 0 aliphatic heterocycles. The lowest BCUT2D eigenvalue weighted by Crippen LogP contribution is -2.25. The van der Waals surface area contributed by atoms with E-state index in [1.165, 1.54) is 43.4 Å². The van der Waals surface area contributed by atoms with Crippen LogP contribution in [-0.2, 0) is 5.41 Å². The number of benzene rings is 1. The summed E-state index contributed by atoms with van der Waals surface area (Å²) in [5.74, 6) is 0.973. The van der Waals surface area contributed by atoms with Crippen molar-refractivity contribution in [1.82, 2.24) is 0 Å². The van der Waals surface area contributed by atoms with Crippen LogP contribution in [0.2, 0.25) is 0 Å². The van der Waals surface area contributed by atoms with Crippen LogP contribution in [0.15, 0.2) is 24.3 Å². The first-order valence-electron chi connectivity index (χ1n) is 7.86. The van der Waals surface area contributed by atoms with E-state index in [1.807, 2.05) is 0 Å². The van der Waals surface area contributed by atoms with Crippen molar-refractivity contribution in [1.29, 1.82) is 0 Å². The summed E-state index contributed by atoms with van der Waals surface area (Å²) in [6.45, 7) is 9.12. The van der Waals surface area contributed by atoms with Gasteiger partial charge in [-0.25, -0.2) is 0 Å². The zero-order valence-electron chi connectivity index (χ0n) is 13.0. The third-order valence-corrected chi connectivity index (χ3v) is 4.55. The maximum atomic E-state index is 3.70. The van der Waals surface area contributed by atoms with Crippen LogP contribution in [0.1, 0.15) is 65.4 Å². The van der Waals surface area contributed by atoms with E-state index in [0.717, 1.165) is 5.92 Å². The Balaban J connectivity index is 1.90. The van der Waals surface area contributed by atoms with Gasteiger partial charge in [0.05, 0.1) is 0 Å². The molecule has 0 radical (unpaired) electrons. The molecule has 0 unspecified atom stereocenters. The lowest BCUT2D eigenvalue weighted by atomic mass is 9.84. The molecule has 1 aliphatic rings. The molecule has 0 heterocycles. The van der Waals surface area contributed by atoms with Gasteiger partial charge in [-0.15, -0.1) is 0 Å². The first-order valence-corrected chi connectivity index (χ1v) is 7.86. The lowest BCUT2D eigenvalue weighted by Gasteiger charge is -2.29. The molecule has 1 aromatic rings. The van der Waals surface area contributed by atoms with Gasteiger partial charge in [0, 0.05) is 11.7 Å². The quantitative estimate of drug-likeness (QED) is 0.770. The third kappa shape index (κ3) is 3.99. The molecule has 0 atom stereocenters. The van der Waals surface area contributed by atoms with Crippen LogP contribution in [0.5, 0.6) is 0 Å². The average molecular weight is 259 g/mol. The van der Waals surface area contributed by atoms with Gasteiger partial charge in [0.15, 0.2) is 0 Å². The van der Waals surface area contributed by atoms with Crippen molar-refractivity contribution in [3.05, 3.63) is 29.8 Å². The van der Waals surface area contributed by atoms with Gasteiger partial charge in [-0.2, -0.15) is 0 Å². The second-order valence-corrected chi connectivity index (χ2v) is 7.10. The summed E-state index contributed by atoms with van der Waals surface area (Å²) in [5.41, 5.74) is 2.94. The summed E-state index contributed by atoms with van der Waals surface area (Å²) >= 11 is 0. The first-order chi connectivity index (χ1) is 8.99. The Labute approximate surface area is 118 Å². The zero-order valence-corrected chi connectivity index (χ0v) is 13.0. The fraction of sp³-hybridized carbons (Fsp3) is 0.667. The van der Waals surface area contributed by atoms with Gasteiger partial charge >= 0.3 is 0 Å².